The Bertz CT molecular complexity index is 409. The van der Waals surface area contributed by atoms with Gasteiger partial charge in [-0.25, -0.2) is 4.98 Å². The summed E-state index contributed by atoms with van der Waals surface area (Å²) >= 11 is 1.52. The summed E-state index contributed by atoms with van der Waals surface area (Å²) in [6.07, 6.45) is 3.50. The summed E-state index contributed by atoms with van der Waals surface area (Å²) in [6, 6.07) is 0. The van der Waals surface area contributed by atoms with Crippen LogP contribution in [0.2, 0.25) is 0 Å². The molecule has 1 aliphatic carbocycles. The number of carbonyl (C=O) groups is 1. The summed E-state index contributed by atoms with van der Waals surface area (Å²) in [7, 11) is 0. The Balaban J connectivity index is 2.06. The van der Waals surface area contributed by atoms with E-state index in [-0.39, 0.29) is 5.91 Å². The Morgan fingerprint density at radius 3 is 2.75 bits per heavy atom. The molecule has 1 aliphatic rings. The highest BCUT2D eigenvalue weighted by atomic mass is 32.1. The normalized spacial score (nSPS) is 17.9. The maximum absolute atomic E-state index is 11.9. The lowest BCUT2D eigenvalue weighted by Gasteiger charge is -2.35. The van der Waals surface area contributed by atoms with E-state index >= 15 is 0 Å². The van der Waals surface area contributed by atoms with Crippen molar-refractivity contribution in [3.63, 3.8) is 0 Å². The van der Waals surface area contributed by atoms with Crippen molar-refractivity contribution in [2.75, 3.05) is 5.32 Å². The molecule has 5 heteroatoms. The zero-order valence-corrected chi connectivity index (χ0v) is 10.5. The smallest absolute Gasteiger partial charge is 0.246 e. The van der Waals surface area contributed by atoms with Gasteiger partial charge in [-0.05, 0) is 32.6 Å². The highest BCUT2D eigenvalue weighted by Gasteiger charge is 2.40. The minimum Gasteiger partial charge on any atom is -0.317 e. The third-order valence-electron chi connectivity index (χ3n) is 3.15. The van der Waals surface area contributed by atoms with Crippen LogP contribution in [0.1, 0.15) is 36.8 Å². The van der Waals surface area contributed by atoms with Crippen LogP contribution in [0.3, 0.4) is 0 Å². The van der Waals surface area contributed by atoms with Gasteiger partial charge >= 0.3 is 0 Å². The predicted octanol–water partition coefficient (Wildman–Crippen LogP) is 1.83. The molecule has 0 bridgehead atoms. The molecule has 1 fully saturated rings. The topological polar surface area (TPSA) is 68.0 Å². The van der Waals surface area contributed by atoms with Gasteiger partial charge in [0, 0.05) is 4.88 Å². The molecule has 2 rings (SSSR count). The van der Waals surface area contributed by atoms with E-state index in [0.717, 1.165) is 36.3 Å². The van der Waals surface area contributed by atoms with E-state index in [9.17, 15) is 4.79 Å². The minimum absolute atomic E-state index is 0.0878. The summed E-state index contributed by atoms with van der Waals surface area (Å²) in [5.41, 5.74) is 6.35. The Morgan fingerprint density at radius 1 is 1.62 bits per heavy atom. The van der Waals surface area contributed by atoms with E-state index in [0.29, 0.717) is 5.13 Å². The fraction of sp³-hybridized carbons (Fsp3) is 0.636. The average molecular weight is 239 g/mol. The van der Waals surface area contributed by atoms with Crippen LogP contribution >= 0.6 is 11.3 Å². The molecule has 0 unspecified atom stereocenters. The second kappa shape index (κ2) is 4.14. The molecular formula is C11H17N3OS. The maximum atomic E-state index is 11.9. The van der Waals surface area contributed by atoms with Gasteiger partial charge in [0.15, 0.2) is 5.13 Å². The van der Waals surface area contributed by atoms with E-state index in [1.54, 1.807) is 0 Å². The number of aromatic nitrogens is 1. The molecule has 0 radical (unpaired) electrons. The Morgan fingerprint density at radius 2 is 2.31 bits per heavy atom. The first-order valence-corrected chi connectivity index (χ1v) is 6.43. The Labute approximate surface area is 99.3 Å². The molecular weight excluding hydrogens is 222 g/mol. The van der Waals surface area contributed by atoms with E-state index in [1.165, 1.54) is 11.3 Å². The van der Waals surface area contributed by atoms with Crippen LogP contribution in [-0.2, 0) is 11.2 Å². The zero-order chi connectivity index (χ0) is 11.8. The quantitative estimate of drug-likeness (QED) is 0.845. The second-order valence-corrected chi connectivity index (χ2v) is 5.54. The lowest BCUT2D eigenvalue weighted by molar-refractivity contribution is -0.123. The number of hydrogen-bond acceptors (Lipinski definition) is 4. The number of amides is 1. The third kappa shape index (κ3) is 1.97. The number of nitrogens with zero attached hydrogens (tertiary/aromatic N) is 1. The maximum Gasteiger partial charge on any atom is 0.246 e. The fourth-order valence-corrected chi connectivity index (χ4v) is 2.71. The summed E-state index contributed by atoms with van der Waals surface area (Å²) in [6.45, 7) is 4.08. The van der Waals surface area contributed by atoms with Crippen LogP contribution in [0.15, 0.2) is 0 Å². The highest BCUT2D eigenvalue weighted by molar-refractivity contribution is 7.15. The van der Waals surface area contributed by atoms with Crippen molar-refractivity contribution in [1.82, 2.24) is 4.98 Å². The molecule has 3 N–H and O–H groups in total. The van der Waals surface area contributed by atoms with Gasteiger partial charge in [-0.2, -0.15) is 0 Å². The number of carbonyl (C=O) groups excluding carboxylic acids is 1. The highest BCUT2D eigenvalue weighted by Crippen LogP contribution is 2.31. The van der Waals surface area contributed by atoms with Gasteiger partial charge < -0.3 is 11.1 Å². The number of anilines is 1. The molecule has 1 aromatic rings. The van der Waals surface area contributed by atoms with E-state index in [1.807, 2.05) is 6.92 Å². The van der Waals surface area contributed by atoms with Crippen molar-refractivity contribution in [2.45, 2.75) is 45.1 Å². The molecule has 16 heavy (non-hydrogen) atoms. The third-order valence-corrected chi connectivity index (χ3v) is 4.07. The van der Waals surface area contributed by atoms with Crippen LogP contribution in [-0.4, -0.2) is 16.4 Å². The van der Waals surface area contributed by atoms with Crippen LogP contribution < -0.4 is 11.1 Å². The number of nitrogens with two attached hydrogens (primary N) is 1. The number of thiazole rings is 1. The molecule has 1 aromatic heterocycles. The molecule has 0 spiro atoms. The second-order valence-electron chi connectivity index (χ2n) is 4.34. The number of hydrogen-bond donors (Lipinski definition) is 2. The van der Waals surface area contributed by atoms with E-state index in [2.05, 4.69) is 17.2 Å². The van der Waals surface area contributed by atoms with Crippen LogP contribution in [0.25, 0.3) is 0 Å². The Kier molecular flexibility index (Phi) is 2.99. The SMILES string of the molecule is CCc1nc(NC(=O)C2(N)CCC2)sc1C. The molecule has 1 saturated carbocycles. The van der Waals surface area contributed by atoms with Gasteiger partial charge in [-0.15, -0.1) is 11.3 Å². The average Bonchev–Trinajstić information content (AvgIpc) is 2.55. The number of aryl methyl sites for hydroxylation is 2. The Hall–Kier alpha value is -0.940. The van der Waals surface area contributed by atoms with Crippen molar-refractivity contribution in [3.05, 3.63) is 10.6 Å². The summed E-state index contributed by atoms with van der Waals surface area (Å²) in [5, 5.41) is 3.50. The van der Waals surface area contributed by atoms with Crippen molar-refractivity contribution in [2.24, 2.45) is 5.73 Å². The van der Waals surface area contributed by atoms with E-state index < -0.39 is 5.54 Å². The van der Waals surface area contributed by atoms with Gasteiger partial charge in [0.25, 0.3) is 0 Å². The molecule has 1 amide bonds. The van der Waals surface area contributed by atoms with Crippen molar-refractivity contribution in [3.8, 4) is 0 Å². The van der Waals surface area contributed by atoms with Crippen molar-refractivity contribution in [1.29, 1.82) is 0 Å². The van der Waals surface area contributed by atoms with Gasteiger partial charge in [0.2, 0.25) is 5.91 Å². The molecule has 0 atom stereocenters. The molecule has 1 heterocycles. The van der Waals surface area contributed by atoms with Gasteiger partial charge in [-0.3, -0.25) is 4.79 Å². The fourth-order valence-electron chi connectivity index (χ4n) is 1.82. The van der Waals surface area contributed by atoms with Crippen LogP contribution in [0, 0.1) is 6.92 Å². The van der Waals surface area contributed by atoms with Crippen molar-refractivity contribution >= 4 is 22.4 Å². The first kappa shape index (κ1) is 11.5. The van der Waals surface area contributed by atoms with Gasteiger partial charge in [0.05, 0.1) is 11.2 Å². The van der Waals surface area contributed by atoms with Crippen molar-refractivity contribution < 1.29 is 4.79 Å². The molecule has 0 aliphatic heterocycles. The first-order chi connectivity index (χ1) is 7.55. The molecule has 0 aromatic carbocycles. The molecule has 4 nitrogen and oxygen atoms in total. The lowest BCUT2D eigenvalue weighted by Crippen LogP contribution is -2.56. The summed E-state index contributed by atoms with van der Waals surface area (Å²) < 4.78 is 0. The largest absolute Gasteiger partial charge is 0.317 e. The van der Waals surface area contributed by atoms with Crippen LogP contribution in [0.5, 0.6) is 0 Å². The monoisotopic (exact) mass is 239 g/mol. The molecule has 88 valence electrons. The lowest BCUT2D eigenvalue weighted by atomic mass is 9.77. The summed E-state index contributed by atoms with van der Waals surface area (Å²) in [5.74, 6) is -0.0878. The minimum atomic E-state index is -0.647. The number of nitrogens with one attached hydrogen (secondary N) is 1. The van der Waals surface area contributed by atoms with E-state index in [4.69, 9.17) is 5.73 Å². The predicted molar refractivity (Wildman–Crippen MR) is 65.6 cm³/mol. The van der Waals surface area contributed by atoms with Crippen LogP contribution in [0.4, 0.5) is 5.13 Å². The summed E-state index contributed by atoms with van der Waals surface area (Å²) in [4.78, 5) is 17.4. The molecule has 0 saturated heterocycles. The zero-order valence-electron chi connectivity index (χ0n) is 9.67. The standard InChI is InChI=1S/C11H17N3OS/c1-3-8-7(2)16-10(13-8)14-9(15)11(12)5-4-6-11/h3-6,12H2,1-2H3,(H,13,14,15). The van der Waals surface area contributed by atoms with Gasteiger partial charge in [-0.1, -0.05) is 6.92 Å². The number of rotatable bonds is 3. The van der Waals surface area contributed by atoms with Gasteiger partial charge in [0.1, 0.15) is 0 Å². The first-order valence-electron chi connectivity index (χ1n) is 5.62.